The Bertz CT molecular complexity index is 482. The number of aliphatic hydroxyl groups excluding tert-OH is 1. The average molecular weight is 298 g/mol. The number of esters is 1. The number of hydrogen-bond donors (Lipinski definition) is 3. The molecule has 0 spiro atoms. The minimum absolute atomic E-state index is 0.0461. The highest BCUT2D eigenvalue weighted by Gasteiger charge is 2.06. The van der Waals surface area contributed by atoms with Crippen LogP contribution in [0.1, 0.15) is 16.8 Å². The van der Waals surface area contributed by atoms with E-state index in [2.05, 4.69) is 11.3 Å². The number of carbonyl (C=O) groups excluding carboxylic acids is 1. The fraction of sp³-hybridized carbons (Fsp3) is 0.286. The number of hydrogen-bond acceptors (Lipinski definition) is 6. The van der Waals surface area contributed by atoms with Gasteiger partial charge in [-0.15, -0.1) is 0 Å². The van der Waals surface area contributed by atoms with Gasteiger partial charge in [-0.3, -0.25) is 0 Å². The van der Waals surface area contributed by atoms with Gasteiger partial charge in [0.1, 0.15) is 0 Å². The van der Waals surface area contributed by atoms with Crippen molar-refractivity contribution in [3.8, 4) is 11.5 Å². The van der Waals surface area contributed by atoms with Crippen molar-refractivity contribution < 1.29 is 34.4 Å². The summed E-state index contributed by atoms with van der Waals surface area (Å²) in [6, 6.07) is 3.85. The maximum absolute atomic E-state index is 10.4. The van der Waals surface area contributed by atoms with Gasteiger partial charge in [-0.05, 0) is 18.2 Å². The predicted octanol–water partition coefficient (Wildman–Crippen LogP) is 1.20. The Labute approximate surface area is 122 Å². The molecule has 7 heteroatoms. The van der Waals surface area contributed by atoms with Crippen LogP contribution in [0.5, 0.6) is 11.5 Å². The number of ether oxygens (including phenoxy) is 2. The minimum Gasteiger partial charge on any atom is -0.504 e. The van der Waals surface area contributed by atoms with E-state index in [1.807, 2.05) is 0 Å². The maximum atomic E-state index is 10.4. The summed E-state index contributed by atoms with van der Waals surface area (Å²) in [6.45, 7) is 3.51. The molecule has 0 unspecified atom stereocenters. The summed E-state index contributed by atoms with van der Waals surface area (Å²) in [7, 11) is 1.36. The lowest BCUT2D eigenvalue weighted by atomic mass is 10.2. The zero-order chi connectivity index (χ0) is 16.3. The van der Waals surface area contributed by atoms with E-state index in [4.69, 9.17) is 20.1 Å². The quantitative estimate of drug-likeness (QED) is 0.411. The van der Waals surface area contributed by atoms with Crippen molar-refractivity contribution in [1.82, 2.24) is 0 Å². The van der Waals surface area contributed by atoms with Gasteiger partial charge in [-0.2, -0.15) is 0 Å². The molecule has 1 aromatic rings. The highest BCUT2D eigenvalue weighted by atomic mass is 16.5. The summed E-state index contributed by atoms with van der Waals surface area (Å²) in [5, 5.41) is 25.9. The number of carboxylic acids is 1. The molecule has 3 N–H and O–H groups in total. The van der Waals surface area contributed by atoms with E-state index < -0.39 is 11.9 Å². The lowest BCUT2D eigenvalue weighted by molar-refractivity contribution is -0.137. The van der Waals surface area contributed by atoms with Gasteiger partial charge in [0.05, 0.1) is 19.3 Å². The van der Waals surface area contributed by atoms with Gasteiger partial charge in [0.25, 0.3) is 0 Å². The van der Waals surface area contributed by atoms with E-state index >= 15 is 0 Å². The zero-order valence-corrected chi connectivity index (χ0v) is 11.6. The first-order chi connectivity index (χ1) is 9.96. The van der Waals surface area contributed by atoms with Crippen LogP contribution in [0.3, 0.4) is 0 Å². The first-order valence-electron chi connectivity index (χ1n) is 5.96. The molecule has 116 valence electrons. The molecule has 0 aliphatic rings. The Kier molecular flexibility index (Phi) is 9.03. The molecule has 0 aliphatic carbocycles. The number of carboxylic acid groups (broad SMARTS) is 1. The number of aromatic hydroxyl groups is 1. The molecule has 0 amide bonds. The second-order valence-electron chi connectivity index (χ2n) is 3.64. The second kappa shape index (κ2) is 10.3. The van der Waals surface area contributed by atoms with Crippen molar-refractivity contribution in [2.75, 3.05) is 20.3 Å². The Morgan fingerprint density at radius 2 is 2.05 bits per heavy atom. The molecule has 0 atom stereocenters. The Morgan fingerprint density at radius 3 is 2.52 bits per heavy atom. The van der Waals surface area contributed by atoms with Crippen molar-refractivity contribution >= 4 is 11.9 Å². The van der Waals surface area contributed by atoms with Gasteiger partial charge in [0, 0.05) is 19.1 Å². The molecule has 0 aliphatic heterocycles. The summed E-state index contributed by atoms with van der Waals surface area (Å²) in [4.78, 5) is 20.7. The van der Waals surface area contributed by atoms with E-state index in [1.165, 1.54) is 25.3 Å². The van der Waals surface area contributed by atoms with E-state index in [1.54, 1.807) is 0 Å². The Hall–Kier alpha value is -2.54. The lowest BCUT2D eigenvalue weighted by Gasteiger charge is -2.02. The predicted molar refractivity (Wildman–Crippen MR) is 74.5 cm³/mol. The van der Waals surface area contributed by atoms with E-state index in [0.29, 0.717) is 6.42 Å². The fourth-order valence-corrected chi connectivity index (χ4v) is 1.11. The SMILES string of the molecule is C=CC(=O)OCCCO.COc1cc(C(=O)O)ccc1O. The zero-order valence-electron chi connectivity index (χ0n) is 11.6. The molecule has 1 rings (SSSR count). The van der Waals surface area contributed by atoms with Gasteiger partial charge in [-0.25, -0.2) is 9.59 Å². The molecule has 0 saturated carbocycles. The van der Waals surface area contributed by atoms with Crippen LogP contribution in [0, 0.1) is 0 Å². The number of aromatic carboxylic acids is 1. The smallest absolute Gasteiger partial charge is 0.335 e. The first kappa shape index (κ1) is 18.5. The number of carbonyl (C=O) groups is 2. The van der Waals surface area contributed by atoms with Crippen LogP contribution in [-0.2, 0) is 9.53 Å². The Balaban J connectivity index is 0.000000400. The van der Waals surface area contributed by atoms with Crippen LogP contribution in [0.4, 0.5) is 0 Å². The number of rotatable bonds is 6. The molecule has 0 bridgehead atoms. The number of phenols is 1. The minimum atomic E-state index is -1.05. The van der Waals surface area contributed by atoms with E-state index in [-0.39, 0.29) is 30.3 Å². The van der Waals surface area contributed by atoms with Crippen molar-refractivity contribution in [1.29, 1.82) is 0 Å². The molecule has 0 fully saturated rings. The van der Waals surface area contributed by atoms with Crippen LogP contribution >= 0.6 is 0 Å². The largest absolute Gasteiger partial charge is 0.504 e. The first-order valence-corrected chi connectivity index (χ1v) is 5.96. The van der Waals surface area contributed by atoms with E-state index in [9.17, 15) is 9.59 Å². The third kappa shape index (κ3) is 7.58. The molecular weight excluding hydrogens is 280 g/mol. The Morgan fingerprint density at radius 1 is 1.38 bits per heavy atom. The van der Waals surface area contributed by atoms with Gasteiger partial charge in [-0.1, -0.05) is 6.58 Å². The van der Waals surface area contributed by atoms with Crippen LogP contribution in [-0.4, -0.2) is 47.6 Å². The van der Waals surface area contributed by atoms with Crippen LogP contribution in [0.25, 0.3) is 0 Å². The standard InChI is InChI=1S/C8H8O4.C6H10O3/c1-12-7-4-5(8(10)11)2-3-6(7)9;1-2-6(8)9-5-3-4-7/h2-4,9H,1H3,(H,10,11);2,7H,1,3-5H2. The van der Waals surface area contributed by atoms with Gasteiger partial charge >= 0.3 is 11.9 Å². The fourth-order valence-electron chi connectivity index (χ4n) is 1.11. The van der Waals surface area contributed by atoms with Gasteiger partial charge in [0.2, 0.25) is 0 Å². The summed E-state index contributed by atoms with van der Waals surface area (Å²) in [5.74, 6) is -1.39. The van der Waals surface area contributed by atoms with Crippen molar-refractivity contribution in [2.24, 2.45) is 0 Å². The molecular formula is C14H18O7. The highest BCUT2D eigenvalue weighted by molar-refractivity contribution is 5.88. The van der Waals surface area contributed by atoms with Gasteiger partial charge < -0.3 is 24.8 Å². The van der Waals surface area contributed by atoms with Crippen molar-refractivity contribution in [2.45, 2.75) is 6.42 Å². The molecule has 21 heavy (non-hydrogen) atoms. The monoisotopic (exact) mass is 298 g/mol. The molecule has 7 nitrogen and oxygen atoms in total. The summed E-state index contributed by atoms with van der Waals surface area (Å²) < 4.78 is 9.24. The third-order valence-electron chi connectivity index (χ3n) is 2.14. The summed E-state index contributed by atoms with van der Waals surface area (Å²) in [6.07, 6.45) is 1.58. The topological polar surface area (TPSA) is 113 Å². The molecule has 0 heterocycles. The number of aliphatic hydroxyl groups is 1. The molecule has 0 aromatic heterocycles. The molecule has 0 radical (unpaired) electrons. The highest BCUT2D eigenvalue weighted by Crippen LogP contribution is 2.25. The van der Waals surface area contributed by atoms with E-state index in [0.717, 1.165) is 6.08 Å². The maximum Gasteiger partial charge on any atom is 0.335 e. The van der Waals surface area contributed by atoms with Gasteiger partial charge in [0.15, 0.2) is 11.5 Å². The lowest BCUT2D eigenvalue weighted by Crippen LogP contribution is -2.02. The van der Waals surface area contributed by atoms with Crippen molar-refractivity contribution in [3.63, 3.8) is 0 Å². The number of phenolic OH excluding ortho intramolecular Hbond substituents is 1. The average Bonchev–Trinajstić information content (AvgIpc) is 2.48. The number of benzene rings is 1. The van der Waals surface area contributed by atoms with Crippen molar-refractivity contribution in [3.05, 3.63) is 36.4 Å². The molecule has 1 aromatic carbocycles. The second-order valence-corrected chi connectivity index (χ2v) is 3.64. The summed E-state index contributed by atoms with van der Waals surface area (Å²) in [5.41, 5.74) is 0.0876. The van der Waals surface area contributed by atoms with Crippen LogP contribution < -0.4 is 4.74 Å². The molecule has 0 saturated heterocycles. The number of methoxy groups -OCH3 is 1. The summed E-state index contributed by atoms with van der Waals surface area (Å²) >= 11 is 0. The van der Waals surface area contributed by atoms with Crippen LogP contribution in [0.2, 0.25) is 0 Å². The van der Waals surface area contributed by atoms with Crippen LogP contribution in [0.15, 0.2) is 30.9 Å². The third-order valence-corrected chi connectivity index (χ3v) is 2.14. The normalized spacial score (nSPS) is 9.05.